The van der Waals surface area contributed by atoms with Crippen LogP contribution in [0.3, 0.4) is 0 Å². The normalized spacial score (nSPS) is 10.2. The quantitative estimate of drug-likeness (QED) is 0.651. The van der Waals surface area contributed by atoms with Gasteiger partial charge in [0.25, 0.3) is 0 Å². The molecule has 2 aromatic carbocycles. The van der Waals surface area contributed by atoms with Crippen molar-refractivity contribution < 1.29 is 25.2 Å². The fourth-order valence-corrected chi connectivity index (χ4v) is 1.64. The minimum absolute atomic E-state index is 0.0467. The van der Waals surface area contributed by atoms with Crippen LogP contribution in [0.4, 0.5) is 0 Å². The molecule has 0 bridgehead atoms. The Morgan fingerprint density at radius 2 is 1.39 bits per heavy atom. The number of benzene rings is 2. The third-order valence-corrected chi connectivity index (χ3v) is 2.52. The highest BCUT2D eigenvalue weighted by Crippen LogP contribution is 2.37. The maximum Gasteiger partial charge on any atom is 0.335 e. The number of carbonyl (C=O) groups is 1. The summed E-state index contributed by atoms with van der Waals surface area (Å²) in [7, 11) is 0. The van der Waals surface area contributed by atoms with E-state index in [0.717, 1.165) is 12.1 Å². The van der Waals surface area contributed by atoms with E-state index in [2.05, 4.69) is 0 Å². The summed E-state index contributed by atoms with van der Waals surface area (Å²) in [5, 5.41) is 37.3. The van der Waals surface area contributed by atoms with Crippen LogP contribution in [0, 0.1) is 0 Å². The topological polar surface area (TPSA) is 98.0 Å². The van der Waals surface area contributed by atoms with Gasteiger partial charge in [-0.25, -0.2) is 4.79 Å². The Hall–Kier alpha value is -2.69. The van der Waals surface area contributed by atoms with Crippen molar-refractivity contribution in [3.05, 3.63) is 42.0 Å². The van der Waals surface area contributed by atoms with Crippen LogP contribution in [-0.2, 0) is 0 Å². The van der Waals surface area contributed by atoms with Crippen molar-refractivity contribution in [2.75, 3.05) is 0 Å². The average Bonchev–Trinajstić information content (AvgIpc) is 2.30. The summed E-state index contributed by atoms with van der Waals surface area (Å²) in [5.74, 6) is -1.70. The fourth-order valence-electron chi connectivity index (χ4n) is 1.64. The summed E-state index contributed by atoms with van der Waals surface area (Å²) in [5.41, 5.74) is 0.550. The second kappa shape index (κ2) is 4.29. The van der Waals surface area contributed by atoms with Crippen molar-refractivity contribution in [3.8, 4) is 28.4 Å². The van der Waals surface area contributed by atoms with Crippen LogP contribution in [0.1, 0.15) is 10.4 Å². The maximum absolute atomic E-state index is 10.7. The average molecular weight is 246 g/mol. The first-order chi connectivity index (χ1) is 8.49. The van der Waals surface area contributed by atoms with Crippen molar-refractivity contribution in [2.24, 2.45) is 0 Å². The van der Waals surface area contributed by atoms with Crippen molar-refractivity contribution in [1.82, 2.24) is 0 Å². The zero-order valence-corrected chi connectivity index (χ0v) is 9.16. The highest BCUT2D eigenvalue weighted by molar-refractivity contribution is 5.90. The minimum atomic E-state index is -1.15. The molecule has 0 aromatic heterocycles. The van der Waals surface area contributed by atoms with E-state index in [-0.39, 0.29) is 28.4 Å². The Labute approximate surface area is 102 Å². The Morgan fingerprint density at radius 1 is 0.833 bits per heavy atom. The highest BCUT2D eigenvalue weighted by atomic mass is 16.4. The number of phenolic OH excluding ortho intramolecular Hbond substituents is 3. The minimum Gasteiger partial charge on any atom is -0.508 e. The molecule has 18 heavy (non-hydrogen) atoms. The summed E-state index contributed by atoms with van der Waals surface area (Å²) in [4.78, 5) is 10.7. The lowest BCUT2D eigenvalue weighted by atomic mass is 10.0. The first-order valence-electron chi connectivity index (χ1n) is 5.07. The third kappa shape index (κ3) is 2.06. The van der Waals surface area contributed by atoms with E-state index in [0.29, 0.717) is 5.56 Å². The van der Waals surface area contributed by atoms with E-state index >= 15 is 0 Å². The lowest BCUT2D eigenvalue weighted by Gasteiger charge is -2.08. The molecule has 5 heteroatoms. The van der Waals surface area contributed by atoms with Crippen LogP contribution in [-0.4, -0.2) is 26.4 Å². The van der Waals surface area contributed by atoms with Crippen molar-refractivity contribution in [2.45, 2.75) is 0 Å². The van der Waals surface area contributed by atoms with Gasteiger partial charge in [0.1, 0.15) is 17.2 Å². The SMILES string of the molecule is O=C(O)c1ccc(-c2ccc(O)cc2O)c(O)c1. The summed E-state index contributed by atoms with van der Waals surface area (Å²) in [6, 6.07) is 7.75. The molecule has 2 rings (SSSR count). The number of carboxylic acids is 1. The van der Waals surface area contributed by atoms with Crippen LogP contribution in [0.15, 0.2) is 36.4 Å². The number of carboxylic acid groups (broad SMARTS) is 1. The molecule has 92 valence electrons. The Bertz CT molecular complexity index is 619. The maximum atomic E-state index is 10.7. The van der Waals surface area contributed by atoms with Crippen LogP contribution >= 0.6 is 0 Å². The fraction of sp³-hybridized carbons (Fsp3) is 0. The van der Waals surface area contributed by atoms with Crippen LogP contribution in [0.5, 0.6) is 17.2 Å². The molecule has 0 atom stereocenters. The van der Waals surface area contributed by atoms with Gasteiger partial charge in [-0.15, -0.1) is 0 Å². The Balaban J connectivity index is 2.54. The molecular formula is C13H10O5. The van der Waals surface area contributed by atoms with Gasteiger partial charge in [0, 0.05) is 17.2 Å². The molecule has 5 nitrogen and oxygen atoms in total. The number of phenols is 3. The van der Waals surface area contributed by atoms with E-state index in [1.54, 1.807) is 0 Å². The zero-order chi connectivity index (χ0) is 13.3. The molecule has 0 saturated carbocycles. The van der Waals surface area contributed by atoms with Gasteiger partial charge in [-0.05, 0) is 30.3 Å². The van der Waals surface area contributed by atoms with Crippen molar-refractivity contribution in [1.29, 1.82) is 0 Å². The molecule has 0 amide bonds. The molecule has 2 aromatic rings. The van der Waals surface area contributed by atoms with Gasteiger partial charge in [0.05, 0.1) is 5.56 Å². The van der Waals surface area contributed by atoms with Crippen molar-refractivity contribution >= 4 is 5.97 Å². The smallest absolute Gasteiger partial charge is 0.335 e. The van der Waals surface area contributed by atoms with Gasteiger partial charge in [-0.3, -0.25) is 0 Å². The number of aromatic hydroxyl groups is 3. The molecule has 0 fully saturated rings. The number of hydrogen-bond donors (Lipinski definition) is 4. The third-order valence-electron chi connectivity index (χ3n) is 2.52. The monoisotopic (exact) mass is 246 g/mol. The van der Waals surface area contributed by atoms with Gasteiger partial charge < -0.3 is 20.4 Å². The molecule has 0 spiro atoms. The van der Waals surface area contributed by atoms with E-state index < -0.39 is 5.97 Å². The lowest BCUT2D eigenvalue weighted by molar-refractivity contribution is 0.0696. The summed E-state index contributed by atoms with van der Waals surface area (Å²) in [6.07, 6.45) is 0. The number of aromatic carboxylic acids is 1. The van der Waals surface area contributed by atoms with E-state index in [4.69, 9.17) is 5.11 Å². The largest absolute Gasteiger partial charge is 0.508 e. The van der Waals surface area contributed by atoms with Gasteiger partial charge in [0.15, 0.2) is 0 Å². The standard InChI is InChI=1S/C13H10O5/c14-8-2-4-10(12(16)6-8)9-3-1-7(13(17)18)5-11(9)15/h1-6,14-16H,(H,17,18). The van der Waals surface area contributed by atoms with Gasteiger partial charge in [-0.2, -0.15) is 0 Å². The van der Waals surface area contributed by atoms with E-state index in [1.165, 1.54) is 24.3 Å². The van der Waals surface area contributed by atoms with Crippen LogP contribution < -0.4 is 0 Å². The summed E-state index contributed by atoms with van der Waals surface area (Å²) >= 11 is 0. The molecule has 0 unspecified atom stereocenters. The predicted molar refractivity (Wildman–Crippen MR) is 63.8 cm³/mol. The van der Waals surface area contributed by atoms with Crippen LogP contribution in [0.2, 0.25) is 0 Å². The highest BCUT2D eigenvalue weighted by Gasteiger charge is 2.12. The van der Waals surface area contributed by atoms with Crippen molar-refractivity contribution in [3.63, 3.8) is 0 Å². The summed E-state index contributed by atoms with van der Waals surface area (Å²) in [6.45, 7) is 0. The predicted octanol–water partition coefficient (Wildman–Crippen LogP) is 2.17. The summed E-state index contributed by atoms with van der Waals surface area (Å²) < 4.78 is 0. The Kier molecular flexibility index (Phi) is 2.81. The molecule has 4 N–H and O–H groups in total. The first kappa shape index (κ1) is 11.8. The molecule has 0 radical (unpaired) electrons. The van der Waals surface area contributed by atoms with E-state index in [9.17, 15) is 20.1 Å². The lowest BCUT2D eigenvalue weighted by Crippen LogP contribution is -1.95. The van der Waals surface area contributed by atoms with Gasteiger partial charge in [0.2, 0.25) is 0 Å². The number of hydrogen-bond acceptors (Lipinski definition) is 4. The molecule has 0 aliphatic carbocycles. The Morgan fingerprint density at radius 3 is 1.89 bits per heavy atom. The van der Waals surface area contributed by atoms with Gasteiger partial charge in [-0.1, -0.05) is 0 Å². The van der Waals surface area contributed by atoms with Gasteiger partial charge >= 0.3 is 5.97 Å². The van der Waals surface area contributed by atoms with Crippen LogP contribution in [0.25, 0.3) is 11.1 Å². The molecule has 0 saturated heterocycles. The first-order valence-corrected chi connectivity index (χ1v) is 5.07. The zero-order valence-electron chi connectivity index (χ0n) is 9.16. The second-order valence-corrected chi connectivity index (χ2v) is 3.74. The molecule has 0 aliphatic heterocycles. The molecule has 0 aliphatic rings. The molecule has 0 heterocycles. The molecular weight excluding hydrogens is 236 g/mol. The second-order valence-electron chi connectivity index (χ2n) is 3.74. The van der Waals surface area contributed by atoms with E-state index in [1.807, 2.05) is 0 Å². The number of rotatable bonds is 2.